The Morgan fingerprint density at radius 2 is 1.27 bits per heavy atom. The number of hydrogen-bond donors (Lipinski definition) is 5. The van der Waals surface area contributed by atoms with Crippen molar-refractivity contribution in [3.05, 3.63) is 120 Å². The van der Waals surface area contributed by atoms with Crippen molar-refractivity contribution in [2.45, 2.75) is 112 Å². The molecule has 2 heterocycles. The molecule has 5 N–H and O–H groups in total. The van der Waals surface area contributed by atoms with Crippen molar-refractivity contribution in [1.82, 2.24) is 0 Å². The van der Waals surface area contributed by atoms with E-state index >= 15 is 0 Å². The Morgan fingerprint density at radius 1 is 0.682 bits per heavy atom. The first-order valence-electron chi connectivity index (χ1n) is 21.7. The summed E-state index contributed by atoms with van der Waals surface area (Å²) >= 11 is 0. The third-order valence-electron chi connectivity index (χ3n) is 12.4. The van der Waals surface area contributed by atoms with E-state index < -0.39 is 68.8 Å². The van der Waals surface area contributed by atoms with Crippen LogP contribution in [0, 0.1) is 0 Å². The number of rotatable bonds is 24. The molecule has 2 atom stereocenters. The predicted octanol–water partition coefficient (Wildman–Crippen LogP) is 7.90. The molecule has 0 fully saturated rings. The van der Waals surface area contributed by atoms with E-state index in [1.54, 1.807) is 12.1 Å². The van der Waals surface area contributed by atoms with Gasteiger partial charge in [-0.15, -0.1) is 0 Å². The maximum absolute atomic E-state index is 12.5. The summed E-state index contributed by atoms with van der Waals surface area (Å²) in [7, 11) is -17.8. The molecule has 0 bridgehead atoms. The number of unbranched alkanes of at least 4 members (excludes halogenated alkanes) is 4. The third-order valence-corrected chi connectivity index (χ3v) is 15.7. The minimum atomic E-state index is -4.65. The monoisotopic (exact) mass is 991 g/mol. The number of hydrogen-bond acceptors (Lipinski definition) is 10. The number of carbonyl (C=O) groups is 1. The van der Waals surface area contributed by atoms with E-state index in [0.29, 0.717) is 86.2 Å². The van der Waals surface area contributed by atoms with Crippen molar-refractivity contribution in [2.24, 2.45) is 0 Å². The topological polar surface area (TPSA) is 261 Å². The molecule has 0 aromatic heterocycles. The fourth-order valence-electron chi connectivity index (χ4n) is 9.09. The highest BCUT2D eigenvalue weighted by Gasteiger charge is 2.48. The zero-order valence-electron chi connectivity index (χ0n) is 37.0. The van der Waals surface area contributed by atoms with Crippen LogP contribution in [-0.2, 0) is 56.1 Å². The molecule has 2 aromatic rings. The molecule has 0 spiro atoms. The predicted molar refractivity (Wildman–Crippen MR) is 253 cm³/mol. The molecule has 2 unspecified atom stereocenters. The van der Waals surface area contributed by atoms with Crippen molar-refractivity contribution in [2.75, 3.05) is 29.5 Å². The second-order valence-corrected chi connectivity index (χ2v) is 23.2. The van der Waals surface area contributed by atoms with Crippen LogP contribution in [0.2, 0.25) is 0 Å². The summed E-state index contributed by atoms with van der Waals surface area (Å²) in [6.07, 6.45) is 23.4. The zero-order valence-corrected chi connectivity index (χ0v) is 40.3. The van der Waals surface area contributed by atoms with Crippen LogP contribution in [0.4, 0.5) is 11.4 Å². The fraction of sp³-hybridized carbons (Fsp3) is 0.435. The van der Waals surface area contributed by atoms with E-state index in [2.05, 4.69) is 4.58 Å². The molecular formula is C46H59N2O14S4+. The van der Waals surface area contributed by atoms with Crippen LogP contribution in [0.1, 0.15) is 102 Å². The van der Waals surface area contributed by atoms with Crippen molar-refractivity contribution < 1.29 is 66.4 Å². The van der Waals surface area contributed by atoms with Gasteiger partial charge in [-0.1, -0.05) is 67.9 Å². The number of nitrogens with zero attached hydrogens (tertiary/aromatic N) is 2. The highest BCUT2D eigenvalue weighted by molar-refractivity contribution is 7.86. The molecule has 0 radical (unpaired) electrons. The van der Waals surface area contributed by atoms with Gasteiger partial charge in [0.15, 0.2) is 5.71 Å². The summed E-state index contributed by atoms with van der Waals surface area (Å²) in [5.41, 5.74) is 2.94. The van der Waals surface area contributed by atoms with Gasteiger partial charge in [0.25, 0.3) is 40.5 Å². The lowest BCUT2D eigenvalue weighted by atomic mass is 9.75. The normalized spacial score (nSPS) is 22.8. The fourth-order valence-corrected chi connectivity index (χ4v) is 11.2. The number of carboxylic acids is 1. The van der Waals surface area contributed by atoms with Gasteiger partial charge in [-0.2, -0.15) is 38.2 Å². The van der Waals surface area contributed by atoms with Crippen LogP contribution >= 0.6 is 0 Å². The molecule has 66 heavy (non-hydrogen) atoms. The highest BCUT2D eigenvalue weighted by atomic mass is 32.2. The smallest absolute Gasteiger partial charge is 0.303 e. The van der Waals surface area contributed by atoms with Crippen LogP contribution in [0.3, 0.4) is 0 Å². The van der Waals surface area contributed by atoms with Gasteiger partial charge in [0, 0.05) is 53.9 Å². The second kappa shape index (κ2) is 21.6. The van der Waals surface area contributed by atoms with Crippen LogP contribution in [-0.4, -0.2) is 97.8 Å². The van der Waals surface area contributed by atoms with Gasteiger partial charge in [-0.3, -0.25) is 23.0 Å². The standard InChI is InChI=1S/C46H58N2O14S4/c1-45(27-10-13-31-63(51,52)53)38-33-36(65(57,58)59)23-25-40(38)47(29-12-6-9-22-44(49)50)42(45)20-15-21-43-46(2,28-11-14-32-64(54,55)56)39-34-37(66(60,61)62)24-26-41(39)48(43)30-16-19-35-17-7-4-3-5-8-18-35/h3-5,7-8,15,17-18,20-21,23-26,33-34H,6,9-14,16,19,22,27-32H2,1-2H3,(H4-,49,50,51,52,53,54,55,56,57,58,59,60,61,62)/p+1/b4-3-,5-3?,7-4?,8-5-,17-7-,18-8?,35-17?,35-18+. The number of carboxylic acid groups (broad SMARTS) is 1. The number of anilines is 1. The maximum atomic E-state index is 12.5. The highest BCUT2D eigenvalue weighted by Crippen LogP contribution is 2.52. The van der Waals surface area contributed by atoms with Gasteiger partial charge in [-0.25, -0.2) is 0 Å². The quantitative estimate of drug-likeness (QED) is 0.0380. The molecule has 3 aliphatic rings. The van der Waals surface area contributed by atoms with Gasteiger partial charge in [0.1, 0.15) is 6.54 Å². The van der Waals surface area contributed by atoms with Gasteiger partial charge in [-0.05, 0) is 106 Å². The molecule has 360 valence electrons. The van der Waals surface area contributed by atoms with Crippen molar-refractivity contribution in [3.63, 3.8) is 0 Å². The van der Waals surface area contributed by atoms with E-state index in [0.717, 1.165) is 11.3 Å². The Labute approximate surface area is 388 Å². The number of benzene rings is 2. The van der Waals surface area contributed by atoms with Crippen LogP contribution in [0.25, 0.3) is 0 Å². The van der Waals surface area contributed by atoms with Crippen molar-refractivity contribution in [1.29, 1.82) is 0 Å². The lowest BCUT2D eigenvalue weighted by molar-refractivity contribution is -0.438. The first-order valence-corrected chi connectivity index (χ1v) is 27.8. The second-order valence-electron chi connectivity index (χ2n) is 17.2. The molecular weight excluding hydrogens is 933 g/mol. The SMILES string of the molecule is CC1(CCCCS(=O)(=O)O)C(/C=C/C=C2/N(CCCCCC(=O)O)c3ccc(S(=O)(=O)O)cc3C2(C)CCCCS(=O)(=O)O)=[N+](CCCC2=C/C=C\C=C/C=C\2)c2ccc(S(=O)(=O)O)cc21. The molecule has 20 heteroatoms. The molecule has 0 saturated heterocycles. The lowest BCUT2D eigenvalue weighted by Crippen LogP contribution is -2.32. The average Bonchev–Trinajstić information content (AvgIpc) is 3.57. The summed E-state index contributed by atoms with van der Waals surface area (Å²) < 4.78 is 138. The number of fused-ring (bicyclic) bond motifs is 2. The molecule has 2 aromatic carbocycles. The summed E-state index contributed by atoms with van der Waals surface area (Å²) in [6, 6.07) is 8.65. The van der Waals surface area contributed by atoms with E-state index in [1.807, 2.05) is 79.5 Å². The first-order chi connectivity index (χ1) is 30.8. The largest absolute Gasteiger partial charge is 0.481 e. The van der Waals surface area contributed by atoms with E-state index in [1.165, 1.54) is 24.3 Å². The molecule has 0 amide bonds. The Hall–Kier alpha value is -4.54. The molecule has 5 rings (SSSR count). The minimum Gasteiger partial charge on any atom is -0.481 e. The van der Waals surface area contributed by atoms with Crippen molar-refractivity contribution >= 4 is 63.5 Å². The van der Waals surface area contributed by atoms with E-state index in [-0.39, 0.29) is 41.9 Å². The average molecular weight is 992 g/mol. The summed E-state index contributed by atoms with van der Waals surface area (Å²) in [6.45, 7) is 4.62. The Bertz CT molecular complexity index is 2840. The zero-order chi connectivity index (χ0) is 48.6. The van der Waals surface area contributed by atoms with Gasteiger partial charge >= 0.3 is 5.97 Å². The van der Waals surface area contributed by atoms with E-state index in [9.17, 15) is 61.8 Å². The van der Waals surface area contributed by atoms with Gasteiger partial charge < -0.3 is 10.0 Å². The summed E-state index contributed by atoms with van der Waals surface area (Å²) in [4.78, 5) is 12.6. The summed E-state index contributed by atoms with van der Waals surface area (Å²) in [5.74, 6) is -1.90. The van der Waals surface area contributed by atoms with Gasteiger partial charge in [0.2, 0.25) is 5.69 Å². The van der Waals surface area contributed by atoms with Gasteiger partial charge in [0.05, 0.1) is 26.7 Å². The third kappa shape index (κ3) is 13.8. The molecule has 1 aliphatic carbocycles. The van der Waals surface area contributed by atoms with Crippen molar-refractivity contribution in [3.8, 4) is 0 Å². The minimum absolute atomic E-state index is 0.0221. The summed E-state index contributed by atoms with van der Waals surface area (Å²) in [5, 5.41) is 9.24. The maximum Gasteiger partial charge on any atom is 0.303 e. The Balaban J connectivity index is 1.67. The van der Waals surface area contributed by atoms with Crippen LogP contribution in [0.15, 0.2) is 118 Å². The van der Waals surface area contributed by atoms with Crippen LogP contribution in [0.5, 0.6) is 0 Å². The molecule has 0 saturated carbocycles. The molecule has 16 nitrogen and oxygen atoms in total. The number of aliphatic carboxylic acids is 1. The Kier molecular flexibility index (Phi) is 17.2. The molecule has 2 aliphatic heterocycles. The number of allylic oxidation sites excluding steroid dienone is 12. The van der Waals surface area contributed by atoms with E-state index in [4.69, 9.17) is 0 Å². The Morgan fingerprint density at radius 3 is 1.89 bits per heavy atom. The lowest BCUT2D eigenvalue weighted by Gasteiger charge is -2.30. The first kappa shape index (κ1) is 52.4. The van der Waals surface area contributed by atoms with Crippen LogP contribution < -0.4 is 4.90 Å².